The van der Waals surface area contributed by atoms with E-state index in [4.69, 9.17) is 20.9 Å². The van der Waals surface area contributed by atoms with E-state index in [0.717, 1.165) is 22.4 Å². The first kappa shape index (κ1) is 19.0. The Kier molecular flexibility index (Phi) is 5.51. The van der Waals surface area contributed by atoms with Crippen LogP contribution in [0.2, 0.25) is 5.02 Å². The van der Waals surface area contributed by atoms with Gasteiger partial charge in [-0.1, -0.05) is 35.0 Å². The van der Waals surface area contributed by atoms with E-state index >= 15 is 0 Å². The molecule has 0 atom stereocenters. The third kappa shape index (κ3) is 4.31. The van der Waals surface area contributed by atoms with Crippen LogP contribution in [0.3, 0.4) is 0 Å². The molecule has 0 saturated heterocycles. The zero-order chi connectivity index (χ0) is 19.6. The molecule has 2 aromatic carbocycles. The van der Waals surface area contributed by atoms with E-state index in [1.807, 2.05) is 45.0 Å². The van der Waals surface area contributed by atoms with Crippen LogP contribution in [0, 0.1) is 27.7 Å². The molecule has 0 aliphatic heterocycles. The van der Waals surface area contributed by atoms with Crippen molar-refractivity contribution in [3.8, 4) is 5.75 Å². The number of nitrogens with zero attached hydrogens (tertiary/aromatic N) is 1. The Morgan fingerprint density at radius 2 is 1.85 bits per heavy atom. The van der Waals surface area contributed by atoms with Crippen LogP contribution in [0.25, 0.3) is 0 Å². The lowest BCUT2D eigenvalue weighted by atomic mass is 10.1. The van der Waals surface area contributed by atoms with Gasteiger partial charge in [0.15, 0.2) is 5.69 Å². The quantitative estimate of drug-likeness (QED) is 0.640. The van der Waals surface area contributed by atoms with Crippen molar-refractivity contribution in [3.63, 3.8) is 0 Å². The van der Waals surface area contributed by atoms with Crippen molar-refractivity contribution in [2.24, 2.45) is 0 Å². The predicted molar refractivity (Wildman–Crippen MR) is 106 cm³/mol. The maximum Gasteiger partial charge on any atom is 0.278 e. The molecular formula is C21H21ClN2O3. The fourth-order valence-corrected chi connectivity index (χ4v) is 2.79. The van der Waals surface area contributed by atoms with E-state index in [1.165, 1.54) is 0 Å². The first-order chi connectivity index (χ1) is 12.8. The van der Waals surface area contributed by atoms with Gasteiger partial charge >= 0.3 is 0 Å². The largest absolute Gasteiger partial charge is 0.488 e. The number of aromatic nitrogens is 1. The van der Waals surface area contributed by atoms with Crippen LogP contribution in [0.5, 0.6) is 5.75 Å². The molecule has 6 heteroatoms. The van der Waals surface area contributed by atoms with Crippen molar-refractivity contribution in [2.75, 3.05) is 5.32 Å². The fraction of sp³-hybridized carbons (Fsp3) is 0.238. The number of amides is 1. The number of anilines is 1. The minimum atomic E-state index is -0.369. The topological polar surface area (TPSA) is 64.4 Å². The number of halogens is 1. The lowest BCUT2D eigenvalue weighted by Gasteiger charge is -2.10. The highest BCUT2D eigenvalue weighted by atomic mass is 35.5. The van der Waals surface area contributed by atoms with Gasteiger partial charge in [0.05, 0.1) is 5.56 Å². The summed E-state index contributed by atoms with van der Waals surface area (Å²) in [5.74, 6) is 0.950. The van der Waals surface area contributed by atoms with Crippen LogP contribution in [0.4, 0.5) is 5.69 Å². The van der Waals surface area contributed by atoms with Crippen molar-refractivity contribution in [3.05, 3.63) is 75.1 Å². The van der Waals surface area contributed by atoms with Crippen LogP contribution < -0.4 is 10.1 Å². The lowest BCUT2D eigenvalue weighted by Crippen LogP contribution is -2.15. The van der Waals surface area contributed by atoms with Gasteiger partial charge in [0, 0.05) is 10.7 Å². The molecule has 1 amide bonds. The van der Waals surface area contributed by atoms with Gasteiger partial charge in [0.25, 0.3) is 5.91 Å². The van der Waals surface area contributed by atoms with E-state index in [0.29, 0.717) is 22.0 Å². The second-order valence-electron chi connectivity index (χ2n) is 6.54. The molecule has 1 heterocycles. The van der Waals surface area contributed by atoms with E-state index in [9.17, 15) is 4.79 Å². The Morgan fingerprint density at radius 3 is 2.59 bits per heavy atom. The van der Waals surface area contributed by atoms with E-state index in [-0.39, 0.29) is 18.2 Å². The van der Waals surface area contributed by atoms with E-state index in [2.05, 4.69) is 10.5 Å². The predicted octanol–water partition coefficient (Wildman–Crippen LogP) is 5.39. The molecule has 1 aromatic heterocycles. The summed E-state index contributed by atoms with van der Waals surface area (Å²) in [7, 11) is 0. The smallest absolute Gasteiger partial charge is 0.278 e. The van der Waals surface area contributed by atoms with Gasteiger partial charge in [-0.25, -0.2) is 0 Å². The van der Waals surface area contributed by atoms with Gasteiger partial charge < -0.3 is 14.6 Å². The number of carbonyl (C=O) groups is 1. The molecule has 0 aliphatic carbocycles. The van der Waals surface area contributed by atoms with E-state index < -0.39 is 0 Å². The van der Waals surface area contributed by atoms with Crippen molar-refractivity contribution < 1.29 is 14.1 Å². The third-order valence-electron chi connectivity index (χ3n) is 4.35. The number of rotatable bonds is 5. The van der Waals surface area contributed by atoms with Crippen molar-refractivity contribution in [2.45, 2.75) is 34.3 Å². The summed E-state index contributed by atoms with van der Waals surface area (Å²) < 4.78 is 11.1. The Hall–Kier alpha value is -2.79. The second kappa shape index (κ2) is 7.84. The molecule has 140 valence electrons. The number of hydrogen-bond donors (Lipinski definition) is 1. The number of carbonyl (C=O) groups excluding carboxylic acids is 1. The standard InChI is InChI=1S/C21H21ClN2O3/c1-12-5-6-14(3)19(9-12)26-11-17-15(4)27-24-20(17)21(25)23-16-8-7-13(2)18(22)10-16/h5-10H,11H2,1-4H3,(H,23,25). The molecule has 3 rings (SSSR count). The Balaban J connectivity index is 1.78. The highest BCUT2D eigenvalue weighted by Gasteiger charge is 2.21. The van der Waals surface area contributed by atoms with Gasteiger partial charge in [-0.05, 0) is 62.6 Å². The monoisotopic (exact) mass is 384 g/mol. The number of benzene rings is 2. The maximum atomic E-state index is 12.6. The van der Waals surface area contributed by atoms with Crippen LogP contribution in [-0.2, 0) is 6.61 Å². The SMILES string of the molecule is Cc1ccc(C)c(OCc2c(C(=O)Nc3ccc(C)c(Cl)c3)noc2C)c1. The summed E-state index contributed by atoms with van der Waals surface area (Å²) in [6, 6.07) is 11.3. The van der Waals surface area contributed by atoms with Gasteiger partial charge in [0.2, 0.25) is 0 Å². The van der Waals surface area contributed by atoms with Crippen molar-refractivity contribution >= 4 is 23.2 Å². The number of hydrogen-bond acceptors (Lipinski definition) is 4. The third-order valence-corrected chi connectivity index (χ3v) is 4.75. The first-order valence-electron chi connectivity index (χ1n) is 8.58. The molecule has 27 heavy (non-hydrogen) atoms. The molecule has 5 nitrogen and oxygen atoms in total. The normalized spacial score (nSPS) is 10.7. The van der Waals surface area contributed by atoms with Gasteiger partial charge in [0.1, 0.15) is 18.1 Å². The molecule has 0 unspecified atom stereocenters. The van der Waals surface area contributed by atoms with Crippen LogP contribution >= 0.6 is 11.6 Å². The van der Waals surface area contributed by atoms with Crippen LogP contribution in [0.15, 0.2) is 40.9 Å². The Bertz CT molecular complexity index is 995. The van der Waals surface area contributed by atoms with Gasteiger partial charge in [-0.2, -0.15) is 0 Å². The Labute approximate surface area is 163 Å². The van der Waals surface area contributed by atoms with Crippen LogP contribution in [0.1, 0.15) is 38.5 Å². The zero-order valence-corrected chi connectivity index (χ0v) is 16.5. The molecule has 3 aromatic rings. The zero-order valence-electron chi connectivity index (χ0n) is 15.7. The summed E-state index contributed by atoms with van der Waals surface area (Å²) in [6.45, 7) is 7.83. The summed E-state index contributed by atoms with van der Waals surface area (Å²) in [6.07, 6.45) is 0. The lowest BCUT2D eigenvalue weighted by molar-refractivity contribution is 0.101. The fourth-order valence-electron chi connectivity index (χ4n) is 2.61. The molecule has 0 aliphatic rings. The van der Waals surface area contributed by atoms with E-state index in [1.54, 1.807) is 19.1 Å². The number of ether oxygens (including phenoxy) is 1. The summed E-state index contributed by atoms with van der Waals surface area (Å²) in [4.78, 5) is 12.6. The minimum Gasteiger partial charge on any atom is -0.488 e. The molecular weight excluding hydrogens is 364 g/mol. The summed E-state index contributed by atoms with van der Waals surface area (Å²) in [5, 5.41) is 7.29. The minimum absolute atomic E-state index is 0.192. The average molecular weight is 385 g/mol. The Morgan fingerprint density at radius 1 is 1.11 bits per heavy atom. The molecule has 1 N–H and O–H groups in total. The first-order valence-corrected chi connectivity index (χ1v) is 8.95. The molecule has 0 saturated carbocycles. The molecule has 0 spiro atoms. The maximum absolute atomic E-state index is 12.6. The number of nitrogens with one attached hydrogen (secondary N) is 1. The molecule has 0 radical (unpaired) electrons. The van der Waals surface area contributed by atoms with Crippen LogP contribution in [-0.4, -0.2) is 11.1 Å². The van der Waals surface area contributed by atoms with Crippen molar-refractivity contribution in [1.82, 2.24) is 5.16 Å². The van der Waals surface area contributed by atoms with Crippen molar-refractivity contribution in [1.29, 1.82) is 0 Å². The molecule has 0 bridgehead atoms. The second-order valence-corrected chi connectivity index (χ2v) is 6.95. The van der Waals surface area contributed by atoms with Gasteiger partial charge in [-0.3, -0.25) is 4.79 Å². The average Bonchev–Trinajstić information content (AvgIpc) is 3.00. The molecule has 0 fully saturated rings. The number of aryl methyl sites for hydroxylation is 4. The summed E-state index contributed by atoms with van der Waals surface area (Å²) in [5.41, 5.74) is 4.48. The summed E-state index contributed by atoms with van der Waals surface area (Å²) >= 11 is 6.12. The van der Waals surface area contributed by atoms with Gasteiger partial charge in [-0.15, -0.1) is 0 Å². The highest BCUT2D eigenvalue weighted by Crippen LogP contribution is 2.24. The highest BCUT2D eigenvalue weighted by molar-refractivity contribution is 6.31.